The van der Waals surface area contributed by atoms with Gasteiger partial charge in [-0.1, -0.05) is 27.5 Å². The van der Waals surface area contributed by atoms with Crippen LogP contribution in [0.15, 0.2) is 97.0 Å². The van der Waals surface area contributed by atoms with E-state index in [0.29, 0.717) is 43.4 Å². The number of benzene rings is 3. The minimum Gasteiger partial charge on any atom is -0.502 e. The van der Waals surface area contributed by atoms with Crippen molar-refractivity contribution in [3.8, 4) is 23.0 Å². The van der Waals surface area contributed by atoms with Crippen molar-refractivity contribution < 1.29 is 33.3 Å². The standard InChI is InChI=1S/C32H26BrClN4O7S/c1-42-26-12-19(13-27(43-2)30(26)40)16-35-37-32-38(17-24-4-3-11-44-24)31(41)28(46-32)15-20-14-21(33)5-10-25(20)45-18-29(39)36-23-8-6-22(34)7-9-23/h3-16,40H,17-18H2,1-2H3,(H,36,39)/b28-15-,35-16+,37-32-. The lowest BCUT2D eigenvalue weighted by molar-refractivity contribution is -0.122. The van der Waals surface area contributed by atoms with Crippen LogP contribution < -0.4 is 19.5 Å². The van der Waals surface area contributed by atoms with Crippen molar-refractivity contribution >= 4 is 74.3 Å². The molecule has 1 fully saturated rings. The molecule has 2 N–H and O–H groups in total. The Morgan fingerprint density at radius 2 is 1.83 bits per heavy atom. The quantitative estimate of drug-likeness (QED) is 0.0965. The number of carbonyl (C=O) groups excluding carboxylic acids is 2. The first-order chi connectivity index (χ1) is 22.2. The zero-order chi connectivity index (χ0) is 32.6. The first kappa shape index (κ1) is 32.7. The third-order valence-corrected chi connectivity index (χ3v) is 8.12. The Morgan fingerprint density at radius 1 is 1.09 bits per heavy atom. The number of ether oxygens (including phenoxy) is 3. The molecule has 0 radical (unpaired) electrons. The highest BCUT2D eigenvalue weighted by atomic mass is 79.9. The number of thioether (sulfide) groups is 1. The molecule has 236 valence electrons. The topological polar surface area (TPSA) is 135 Å². The normalized spacial score (nSPS) is 14.8. The lowest BCUT2D eigenvalue weighted by Gasteiger charge is -2.13. The van der Waals surface area contributed by atoms with Crippen molar-refractivity contribution in [2.75, 3.05) is 26.1 Å². The number of anilines is 1. The number of aromatic hydroxyl groups is 1. The minimum atomic E-state index is -0.365. The maximum absolute atomic E-state index is 13.6. The highest BCUT2D eigenvalue weighted by molar-refractivity contribution is 9.10. The summed E-state index contributed by atoms with van der Waals surface area (Å²) in [6.45, 7) is -0.140. The van der Waals surface area contributed by atoms with Crippen molar-refractivity contribution in [2.45, 2.75) is 6.54 Å². The number of methoxy groups -OCH3 is 2. The number of phenolic OH excluding ortho intramolecular Hbond substituents is 1. The van der Waals surface area contributed by atoms with Crippen LogP contribution in [0.2, 0.25) is 5.02 Å². The van der Waals surface area contributed by atoms with E-state index in [1.807, 2.05) is 0 Å². The van der Waals surface area contributed by atoms with Crippen LogP contribution in [0.3, 0.4) is 0 Å². The van der Waals surface area contributed by atoms with E-state index in [1.54, 1.807) is 72.8 Å². The van der Waals surface area contributed by atoms with E-state index in [0.717, 1.165) is 16.2 Å². The molecule has 2 amide bonds. The number of phenols is 1. The average molecular weight is 726 g/mol. The van der Waals surface area contributed by atoms with E-state index < -0.39 is 0 Å². The van der Waals surface area contributed by atoms with Crippen LogP contribution in [-0.4, -0.2) is 54.0 Å². The Kier molecular flexibility index (Phi) is 10.7. The number of carbonyl (C=O) groups is 2. The number of nitrogens with zero attached hydrogens (tertiary/aromatic N) is 3. The van der Waals surface area contributed by atoms with Crippen molar-refractivity contribution in [2.24, 2.45) is 10.2 Å². The third kappa shape index (κ3) is 8.10. The summed E-state index contributed by atoms with van der Waals surface area (Å²) in [4.78, 5) is 28.0. The molecule has 0 saturated carbocycles. The van der Waals surface area contributed by atoms with Gasteiger partial charge >= 0.3 is 0 Å². The average Bonchev–Trinajstić information content (AvgIpc) is 3.66. The van der Waals surface area contributed by atoms with E-state index in [2.05, 4.69) is 31.4 Å². The molecule has 0 aliphatic carbocycles. The Hall–Kier alpha value is -4.72. The summed E-state index contributed by atoms with van der Waals surface area (Å²) >= 11 is 10.5. The molecule has 46 heavy (non-hydrogen) atoms. The van der Waals surface area contributed by atoms with E-state index in [-0.39, 0.29) is 42.2 Å². The fourth-order valence-corrected chi connectivity index (χ4v) is 5.62. The van der Waals surface area contributed by atoms with Gasteiger partial charge in [0.1, 0.15) is 11.5 Å². The van der Waals surface area contributed by atoms with Gasteiger partial charge in [0.05, 0.1) is 38.1 Å². The number of amidine groups is 1. The molecule has 11 nitrogen and oxygen atoms in total. The zero-order valence-electron chi connectivity index (χ0n) is 24.4. The van der Waals surface area contributed by atoms with Crippen molar-refractivity contribution in [3.05, 3.63) is 104 Å². The maximum atomic E-state index is 13.6. The Bertz CT molecular complexity index is 1800. The van der Waals surface area contributed by atoms with Gasteiger partial charge in [0, 0.05) is 26.3 Å². The fraction of sp³-hybridized carbons (Fsp3) is 0.125. The lowest BCUT2D eigenvalue weighted by atomic mass is 10.2. The molecule has 1 aliphatic heterocycles. The van der Waals surface area contributed by atoms with E-state index >= 15 is 0 Å². The number of amides is 2. The molecule has 0 bridgehead atoms. The molecule has 5 rings (SSSR count). The number of hydrogen-bond donors (Lipinski definition) is 2. The molecular formula is C32H26BrClN4O7S. The number of rotatable bonds is 11. The smallest absolute Gasteiger partial charge is 0.267 e. The second-order valence-electron chi connectivity index (χ2n) is 9.51. The summed E-state index contributed by atoms with van der Waals surface area (Å²) in [5, 5.41) is 22.3. The van der Waals surface area contributed by atoms with Gasteiger partial charge in [-0.2, -0.15) is 5.10 Å². The molecule has 1 aromatic heterocycles. The molecule has 4 aromatic rings. The van der Waals surface area contributed by atoms with Gasteiger partial charge in [-0.15, -0.1) is 5.10 Å². The van der Waals surface area contributed by atoms with Gasteiger partial charge in [0.15, 0.2) is 23.3 Å². The SMILES string of the molecule is COc1cc(/C=N/N=C2\S/C(=C\c3cc(Br)ccc3OCC(=O)Nc3ccc(Cl)cc3)C(=O)N2Cc2ccco2)cc(OC)c1O. The summed E-state index contributed by atoms with van der Waals surface area (Å²) in [7, 11) is 2.85. The second kappa shape index (κ2) is 15.0. The van der Waals surface area contributed by atoms with Crippen LogP contribution in [0.25, 0.3) is 6.08 Å². The van der Waals surface area contributed by atoms with Crippen molar-refractivity contribution in [1.29, 1.82) is 0 Å². The Balaban J connectivity index is 1.39. The van der Waals surface area contributed by atoms with Crippen LogP contribution in [-0.2, 0) is 16.1 Å². The predicted molar refractivity (Wildman–Crippen MR) is 181 cm³/mol. The highest BCUT2D eigenvalue weighted by Crippen LogP contribution is 2.38. The van der Waals surface area contributed by atoms with Gasteiger partial charge in [0.25, 0.3) is 11.8 Å². The van der Waals surface area contributed by atoms with Crippen molar-refractivity contribution in [3.63, 3.8) is 0 Å². The third-order valence-electron chi connectivity index (χ3n) is 6.38. The van der Waals surface area contributed by atoms with Gasteiger partial charge in [-0.25, -0.2) is 0 Å². The number of furan rings is 1. The molecule has 1 aliphatic rings. The van der Waals surface area contributed by atoms with Crippen LogP contribution in [0.5, 0.6) is 23.0 Å². The summed E-state index contributed by atoms with van der Waals surface area (Å²) in [6.07, 6.45) is 4.64. The monoisotopic (exact) mass is 724 g/mol. The van der Waals surface area contributed by atoms with E-state index in [9.17, 15) is 14.7 Å². The zero-order valence-corrected chi connectivity index (χ0v) is 27.6. The van der Waals surface area contributed by atoms with Gasteiger partial charge < -0.3 is 29.1 Å². The highest BCUT2D eigenvalue weighted by Gasteiger charge is 2.34. The molecular weight excluding hydrogens is 700 g/mol. The van der Waals surface area contributed by atoms with E-state index in [1.165, 1.54) is 31.6 Å². The predicted octanol–water partition coefficient (Wildman–Crippen LogP) is 6.94. The molecule has 0 unspecified atom stereocenters. The number of hydrogen-bond acceptors (Lipinski definition) is 10. The van der Waals surface area contributed by atoms with Crippen molar-refractivity contribution in [1.82, 2.24) is 4.90 Å². The van der Waals surface area contributed by atoms with Crippen LogP contribution >= 0.6 is 39.3 Å². The molecule has 3 aromatic carbocycles. The Morgan fingerprint density at radius 3 is 2.50 bits per heavy atom. The second-order valence-corrected chi connectivity index (χ2v) is 11.9. The van der Waals surface area contributed by atoms with Crippen LogP contribution in [0, 0.1) is 0 Å². The first-order valence-corrected chi connectivity index (χ1v) is 15.5. The maximum Gasteiger partial charge on any atom is 0.267 e. The summed E-state index contributed by atoms with van der Waals surface area (Å²) in [5.74, 6) is 0.536. The summed E-state index contributed by atoms with van der Waals surface area (Å²) < 4.78 is 22.5. The number of halogens is 2. The molecule has 2 heterocycles. The molecule has 14 heteroatoms. The first-order valence-electron chi connectivity index (χ1n) is 13.5. The fourth-order valence-electron chi connectivity index (χ4n) is 4.19. The van der Waals surface area contributed by atoms with Gasteiger partial charge in [-0.3, -0.25) is 14.5 Å². The summed E-state index contributed by atoms with van der Waals surface area (Å²) in [6, 6.07) is 18.6. The van der Waals surface area contributed by atoms with Gasteiger partial charge in [0.2, 0.25) is 5.75 Å². The summed E-state index contributed by atoms with van der Waals surface area (Å²) in [5.41, 5.74) is 1.70. The minimum absolute atomic E-state index is 0.123. The molecule has 0 atom stereocenters. The van der Waals surface area contributed by atoms with E-state index in [4.69, 9.17) is 30.2 Å². The number of nitrogens with one attached hydrogen (secondary N) is 1. The van der Waals surface area contributed by atoms with Crippen LogP contribution in [0.4, 0.5) is 5.69 Å². The van der Waals surface area contributed by atoms with Crippen LogP contribution in [0.1, 0.15) is 16.9 Å². The largest absolute Gasteiger partial charge is 0.502 e. The molecule has 1 saturated heterocycles. The lowest BCUT2D eigenvalue weighted by Crippen LogP contribution is -2.28. The Labute approximate surface area is 281 Å². The molecule has 0 spiro atoms. The van der Waals surface area contributed by atoms with Gasteiger partial charge in [-0.05, 0) is 84.6 Å².